The zero-order valence-electron chi connectivity index (χ0n) is 14.6. The van der Waals surface area contributed by atoms with Gasteiger partial charge in [-0.2, -0.15) is 0 Å². The predicted octanol–water partition coefficient (Wildman–Crippen LogP) is 1.33. The summed E-state index contributed by atoms with van der Waals surface area (Å²) in [5, 5.41) is 3.40. The maximum atomic E-state index is 12.4. The molecule has 21 heavy (non-hydrogen) atoms. The second-order valence-corrected chi connectivity index (χ2v) is 6.56. The number of esters is 1. The Bertz CT molecular complexity index is 335. The number of nitrogens with one attached hydrogen (secondary N) is 1. The molecular weight excluding hydrogens is 266 g/mol. The molecule has 0 radical (unpaired) electrons. The number of ether oxygens (including phenoxy) is 1. The van der Waals surface area contributed by atoms with E-state index in [-0.39, 0.29) is 12.0 Å². The third kappa shape index (κ3) is 5.24. The molecule has 0 aromatic carbocycles. The molecule has 2 atom stereocenters. The van der Waals surface area contributed by atoms with E-state index in [0.717, 1.165) is 26.2 Å². The van der Waals surface area contributed by atoms with Crippen molar-refractivity contribution in [1.82, 2.24) is 15.1 Å². The summed E-state index contributed by atoms with van der Waals surface area (Å²) in [4.78, 5) is 17.2. The fraction of sp³-hybridized carbons (Fsp3) is 0.938. The first-order chi connectivity index (χ1) is 9.82. The van der Waals surface area contributed by atoms with Gasteiger partial charge in [0.25, 0.3) is 0 Å². The van der Waals surface area contributed by atoms with E-state index in [1.54, 1.807) is 0 Å². The van der Waals surface area contributed by atoms with E-state index in [1.807, 2.05) is 13.8 Å². The average Bonchev–Trinajstić information content (AvgIpc) is 2.38. The number of piperazine rings is 1. The smallest absolute Gasteiger partial charge is 0.327 e. The van der Waals surface area contributed by atoms with E-state index in [1.165, 1.54) is 0 Å². The van der Waals surface area contributed by atoms with E-state index < -0.39 is 5.54 Å². The number of hydrogen-bond donors (Lipinski definition) is 1. The summed E-state index contributed by atoms with van der Waals surface area (Å²) < 4.78 is 5.28. The Labute approximate surface area is 130 Å². The number of rotatable bonds is 7. The lowest BCUT2D eigenvalue weighted by Gasteiger charge is -2.43. The summed E-state index contributed by atoms with van der Waals surface area (Å²) in [6.45, 7) is 17.7. The minimum Gasteiger partial charge on any atom is -0.465 e. The number of hydrogen-bond acceptors (Lipinski definition) is 5. The molecular formula is C16H33N3O2. The third-order valence-electron chi connectivity index (χ3n) is 4.13. The van der Waals surface area contributed by atoms with Crippen molar-refractivity contribution in [2.24, 2.45) is 0 Å². The van der Waals surface area contributed by atoms with Crippen molar-refractivity contribution < 1.29 is 9.53 Å². The first-order valence-corrected chi connectivity index (χ1v) is 8.23. The standard InChI is InChI=1S/C16H33N3O2/c1-7-19-10-9-18(11-14(19)5)12-16(6,17-13(3)4)15(20)21-8-2/h13-14,17H,7-12H2,1-6H3. The van der Waals surface area contributed by atoms with Gasteiger partial charge in [-0.15, -0.1) is 0 Å². The Hall–Kier alpha value is -0.650. The molecule has 1 heterocycles. The van der Waals surface area contributed by atoms with E-state index >= 15 is 0 Å². The van der Waals surface area contributed by atoms with Gasteiger partial charge in [0.1, 0.15) is 5.54 Å². The lowest BCUT2D eigenvalue weighted by atomic mass is 9.99. The second-order valence-electron chi connectivity index (χ2n) is 6.56. The highest BCUT2D eigenvalue weighted by Crippen LogP contribution is 2.15. The maximum Gasteiger partial charge on any atom is 0.327 e. The predicted molar refractivity (Wildman–Crippen MR) is 86.5 cm³/mol. The van der Waals surface area contributed by atoms with Crippen LogP contribution in [0.15, 0.2) is 0 Å². The van der Waals surface area contributed by atoms with Crippen LogP contribution >= 0.6 is 0 Å². The Morgan fingerprint density at radius 1 is 1.38 bits per heavy atom. The van der Waals surface area contributed by atoms with E-state index in [0.29, 0.717) is 19.2 Å². The maximum absolute atomic E-state index is 12.4. The van der Waals surface area contributed by atoms with Crippen molar-refractivity contribution in [3.63, 3.8) is 0 Å². The molecule has 1 fully saturated rings. The highest BCUT2D eigenvalue weighted by molar-refractivity contribution is 5.80. The molecule has 124 valence electrons. The molecule has 1 aliphatic heterocycles. The van der Waals surface area contributed by atoms with Crippen molar-refractivity contribution >= 4 is 5.97 Å². The van der Waals surface area contributed by atoms with Gasteiger partial charge in [-0.3, -0.25) is 19.9 Å². The molecule has 0 spiro atoms. The summed E-state index contributed by atoms with van der Waals surface area (Å²) in [5.74, 6) is -0.149. The summed E-state index contributed by atoms with van der Waals surface area (Å²) in [6.07, 6.45) is 0. The summed E-state index contributed by atoms with van der Waals surface area (Å²) in [6, 6.07) is 0.781. The topological polar surface area (TPSA) is 44.8 Å². The lowest BCUT2D eigenvalue weighted by molar-refractivity contribution is -0.152. The molecule has 5 heteroatoms. The summed E-state index contributed by atoms with van der Waals surface area (Å²) in [7, 11) is 0. The highest BCUT2D eigenvalue weighted by Gasteiger charge is 2.38. The van der Waals surface area contributed by atoms with Crippen LogP contribution in [0.3, 0.4) is 0 Å². The molecule has 0 aromatic heterocycles. The Balaban J connectivity index is 2.71. The van der Waals surface area contributed by atoms with Crippen LogP contribution in [-0.4, -0.2) is 72.7 Å². The highest BCUT2D eigenvalue weighted by atomic mass is 16.5. The van der Waals surface area contributed by atoms with Gasteiger partial charge < -0.3 is 4.74 Å². The molecule has 1 saturated heterocycles. The van der Waals surface area contributed by atoms with Crippen LogP contribution in [0.2, 0.25) is 0 Å². The first-order valence-electron chi connectivity index (χ1n) is 8.23. The molecule has 2 unspecified atom stereocenters. The lowest BCUT2D eigenvalue weighted by Crippen LogP contribution is -2.62. The minimum absolute atomic E-state index is 0.149. The van der Waals surface area contributed by atoms with Crippen LogP contribution in [0.25, 0.3) is 0 Å². The van der Waals surface area contributed by atoms with Gasteiger partial charge in [0.2, 0.25) is 0 Å². The van der Waals surface area contributed by atoms with Crippen LogP contribution in [0.1, 0.15) is 41.5 Å². The van der Waals surface area contributed by atoms with Crippen LogP contribution in [0.4, 0.5) is 0 Å². The van der Waals surface area contributed by atoms with Gasteiger partial charge in [-0.05, 0) is 41.2 Å². The van der Waals surface area contributed by atoms with E-state index in [4.69, 9.17) is 4.74 Å². The number of carbonyl (C=O) groups excluding carboxylic acids is 1. The molecule has 0 saturated carbocycles. The van der Waals surface area contributed by atoms with Gasteiger partial charge in [0.05, 0.1) is 6.61 Å². The van der Waals surface area contributed by atoms with Crippen LogP contribution < -0.4 is 5.32 Å². The van der Waals surface area contributed by atoms with Crippen molar-refractivity contribution in [2.45, 2.75) is 59.2 Å². The van der Waals surface area contributed by atoms with E-state index in [2.05, 4.69) is 42.8 Å². The van der Waals surface area contributed by atoms with Crippen LogP contribution in [-0.2, 0) is 9.53 Å². The van der Waals surface area contributed by atoms with Gasteiger partial charge >= 0.3 is 5.97 Å². The zero-order valence-corrected chi connectivity index (χ0v) is 14.6. The number of nitrogens with zero attached hydrogens (tertiary/aromatic N) is 2. The summed E-state index contributed by atoms with van der Waals surface area (Å²) in [5.41, 5.74) is -0.641. The summed E-state index contributed by atoms with van der Waals surface area (Å²) >= 11 is 0. The normalized spacial score (nSPS) is 24.0. The van der Waals surface area contributed by atoms with Crippen LogP contribution in [0.5, 0.6) is 0 Å². The SMILES string of the molecule is CCOC(=O)C(C)(CN1CCN(CC)C(C)C1)NC(C)C. The molecule has 1 rings (SSSR count). The Morgan fingerprint density at radius 3 is 2.52 bits per heavy atom. The van der Waals surface area contributed by atoms with Gasteiger partial charge in [-0.25, -0.2) is 0 Å². The fourth-order valence-electron chi connectivity index (χ4n) is 3.23. The molecule has 0 bridgehead atoms. The first kappa shape index (κ1) is 18.4. The second kappa shape index (κ2) is 8.11. The monoisotopic (exact) mass is 299 g/mol. The molecule has 0 amide bonds. The largest absolute Gasteiger partial charge is 0.465 e. The Morgan fingerprint density at radius 2 is 2.05 bits per heavy atom. The van der Waals surface area contributed by atoms with Gasteiger partial charge in [0.15, 0.2) is 0 Å². The van der Waals surface area contributed by atoms with E-state index in [9.17, 15) is 4.79 Å². The molecule has 0 aromatic rings. The van der Waals surface area contributed by atoms with Crippen molar-refractivity contribution in [3.8, 4) is 0 Å². The molecule has 1 N–H and O–H groups in total. The quantitative estimate of drug-likeness (QED) is 0.719. The Kier molecular flexibility index (Phi) is 7.10. The number of carbonyl (C=O) groups is 1. The molecule has 5 nitrogen and oxygen atoms in total. The van der Waals surface area contributed by atoms with Gasteiger partial charge in [-0.1, -0.05) is 6.92 Å². The fourth-order valence-corrected chi connectivity index (χ4v) is 3.23. The average molecular weight is 299 g/mol. The molecule has 1 aliphatic rings. The third-order valence-corrected chi connectivity index (χ3v) is 4.13. The van der Waals surface area contributed by atoms with Crippen molar-refractivity contribution in [3.05, 3.63) is 0 Å². The van der Waals surface area contributed by atoms with Gasteiger partial charge in [0, 0.05) is 38.3 Å². The number of likely N-dealkylation sites (N-methyl/N-ethyl adjacent to an activating group) is 1. The molecule has 0 aliphatic carbocycles. The minimum atomic E-state index is -0.641. The van der Waals surface area contributed by atoms with Crippen molar-refractivity contribution in [1.29, 1.82) is 0 Å². The van der Waals surface area contributed by atoms with Crippen molar-refractivity contribution in [2.75, 3.05) is 39.3 Å². The van der Waals surface area contributed by atoms with Crippen LogP contribution in [0, 0.1) is 0 Å². The zero-order chi connectivity index (χ0) is 16.0.